The second kappa shape index (κ2) is 12.8. The summed E-state index contributed by atoms with van der Waals surface area (Å²) in [6, 6.07) is 0. The molecule has 186 valence electrons. The van der Waals surface area contributed by atoms with Crippen molar-refractivity contribution < 1.29 is 41.3 Å². The zero-order valence-electron chi connectivity index (χ0n) is 18.1. The van der Waals surface area contributed by atoms with Crippen molar-refractivity contribution in [3.63, 3.8) is 0 Å². The van der Waals surface area contributed by atoms with Crippen LogP contribution < -0.4 is 11.2 Å². The summed E-state index contributed by atoms with van der Waals surface area (Å²) in [6.07, 6.45) is -0.968. The van der Waals surface area contributed by atoms with E-state index in [0.29, 0.717) is 26.2 Å². The Morgan fingerprint density at radius 1 is 0.938 bits per heavy atom. The number of esters is 1. The first-order chi connectivity index (χ1) is 15.1. The Morgan fingerprint density at radius 2 is 1.41 bits per heavy atom. The first-order valence-electron chi connectivity index (χ1n) is 10.6. The van der Waals surface area contributed by atoms with Crippen LogP contribution in [0.2, 0.25) is 0 Å². The van der Waals surface area contributed by atoms with Crippen LogP contribution in [0.5, 0.6) is 0 Å². The average molecular weight is 489 g/mol. The fourth-order valence-electron chi connectivity index (χ4n) is 3.22. The Bertz CT molecular complexity index is 633. The van der Waals surface area contributed by atoms with Crippen LogP contribution in [-0.4, -0.2) is 78.6 Å². The van der Waals surface area contributed by atoms with Gasteiger partial charge in [0.05, 0.1) is 6.61 Å². The van der Waals surface area contributed by atoms with E-state index in [1.165, 1.54) is 6.92 Å². The Labute approximate surface area is 184 Å². The lowest BCUT2D eigenvalue weighted by Crippen LogP contribution is -2.47. The van der Waals surface area contributed by atoms with E-state index in [1.54, 1.807) is 10.0 Å². The molecule has 0 spiro atoms. The number of hydrazine groups is 2. The fraction of sp³-hybridized carbons (Fsp3) is 0.882. The Hall–Kier alpha value is -1.28. The van der Waals surface area contributed by atoms with Crippen molar-refractivity contribution in [1.29, 1.82) is 0 Å². The number of nitrogens with zero attached hydrogens (tertiary/aromatic N) is 3. The molecule has 0 saturated carbocycles. The molecule has 2 aliphatic rings. The smallest absolute Gasteiger partial charge is 0.465 e. The number of rotatable bonds is 11. The highest BCUT2D eigenvalue weighted by molar-refractivity contribution is 7.53. The summed E-state index contributed by atoms with van der Waals surface area (Å²) in [7, 11) is -4.42. The Kier molecular flexibility index (Phi) is 10.8. The molecule has 0 aromatic heterocycles. The summed E-state index contributed by atoms with van der Waals surface area (Å²) in [4.78, 5) is 23.7. The van der Waals surface area contributed by atoms with E-state index in [0.717, 1.165) is 38.5 Å². The molecule has 0 atom stereocenters. The third-order valence-corrected chi connectivity index (χ3v) is 6.24. The van der Waals surface area contributed by atoms with Crippen molar-refractivity contribution in [1.82, 2.24) is 26.1 Å². The van der Waals surface area contributed by atoms with Gasteiger partial charge in [-0.25, -0.2) is 19.3 Å². The van der Waals surface area contributed by atoms with Gasteiger partial charge in [-0.1, -0.05) is 12.8 Å². The number of hydrogen-bond acceptors (Lipinski definition) is 10. The minimum Gasteiger partial charge on any atom is -0.465 e. The number of carbonyl (C=O) groups excluding carboxylic acids is 2. The number of halogens is 3. The molecule has 11 nitrogen and oxygen atoms in total. The van der Waals surface area contributed by atoms with Gasteiger partial charge in [-0.3, -0.25) is 14.2 Å². The summed E-state index contributed by atoms with van der Waals surface area (Å²) >= 11 is 0. The topological polar surface area (TPSA) is 113 Å². The molecule has 15 heteroatoms. The van der Waals surface area contributed by atoms with Gasteiger partial charge in [0.25, 0.3) is 0 Å². The van der Waals surface area contributed by atoms with E-state index >= 15 is 0 Å². The minimum absolute atomic E-state index is 0.0640. The highest BCUT2D eigenvalue weighted by Gasteiger charge is 2.46. The van der Waals surface area contributed by atoms with Gasteiger partial charge >= 0.3 is 25.6 Å². The molecule has 2 aliphatic heterocycles. The molecular weight excluding hydrogens is 458 g/mol. The lowest BCUT2D eigenvalue weighted by atomic mass is 10.2. The van der Waals surface area contributed by atoms with Gasteiger partial charge in [-0.2, -0.15) is 13.2 Å². The van der Waals surface area contributed by atoms with Crippen molar-refractivity contribution in [3.05, 3.63) is 0 Å². The molecule has 0 aromatic rings. The van der Waals surface area contributed by atoms with Crippen LogP contribution >= 0.6 is 7.60 Å². The SMILES string of the molecule is CCOC(=O)CN(CP(=O)(ONN1CCCCC1)ONN1CCCCC1)C(=O)C(F)(F)F. The number of alkyl halides is 3. The van der Waals surface area contributed by atoms with E-state index in [1.807, 2.05) is 0 Å². The molecule has 0 radical (unpaired) electrons. The van der Waals surface area contributed by atoms with Gasteiger partial charge < -0.3 is 9.64 Å². The molecule has 2 rings (SSSR count). The van der Waals surface area contributed by atoms with E-state index in [2.05, 4.69) is 15.9 Å². The number of nitrogens with one attached hydrogen (secondary N) is 2. The molecule has 0 bridgehead atoms. The van der Waals surface area contributed by atoms with Gasteiger partial charge in [-0.15, -0.1) is 11.2 Å². The van der Waals surface area contributed by atoms with Crippen LogP contribution in [0, 0.1) is 0 Å². The Balaban J connectivity index is 2.13. The first-order valence-corrected chi connectivity index (χ1v) is 12.3. The number of ether oxygens (including phenoxy) is 1. The zero-order valence-corrected chi connectivity index (χ0v) is 19.0. The highest BCUT2D eigenvalue weighted by Crippen LogP contribution is 2.47. The molecule has 0 aromatic carbocycles. The molecule has 0 unspecified atom stereocenters. The van der Waals surface area contributed by atoms with Crippen LogP contribution in [-0.2, 0) is 28.1 Å². The predicted molar refractivity (Wildman–Crippen MR) is 106 cm³/mol. The molecule has 2 N–H and O–H groups in total. The van der Waals surface area contributed by atoms with Gasteiger partial charge in [0.15, 0.2) is 0 Å². The summed E-state index contributed by atoms with van der Waals surface area (Å²) in [5, 5.41) is 3.23. The van der Waals surface area contributed by atoms with Crippen LogP contribution in [0.3, 0.4) is 0 Å². The number of piperidine rings is 2. The lowest BCUT2D eigenvalue weighted by molar-refractivity contribution is -0.186. The van der Waals surface area contributed by atoms with E-state index in [4.69, 9.17) is 9.25 Å². The standard InChI is InChI=1S/C17H31F3N5O6P/c1-2-29-15(26)13-23(16(27)17(18,19)20)14-32(28,30-21-24-9-5-3-6-10-24)31-22-25-11-7-4-8-12-25/h21-22H,2-14H2,1H3. The number of amides is 1. The van der Waals surface area contributed by atoms with Gasteiger partial charge in [-0.05, 0) is 32.6 Å². The third-order valence-electron chi connectivity index (χ3n) is 4.83. The molecule has 1 amide bonds. The van der Waals surface area contributed by atoms with E-state index in [9.17, 15) is 27.3 Å². The molecule has 2 saturated heterocycles. The summed E-state index contributed by atoms with van der Waals surface area (Å²) in [5.41, 5.74) is 4.93. The minimum atomic E-state index is -5.29. The molecule has 0 aliphatic carbocycles. The second-order valence-corrected chi connectivity index (χ2v) is 9.39. The average Bonchev–Trinajstić information content (AvgIpc) is 2.76. The van der Waals surface area contributed by atoms with Crippen LogP contribution in [0.1, 0.15) is 45.4 Å². The fourth-order valence-corrected chi connectivity index (χ4v) is 4.50. The van der Waals surface area contributed by atoms with Crippen molar-refractivity contribution in [2.75, 3.05) is 45.6 Å². The maximum Gasteiger partial charge on any atom is 0.471 e. The zero-order chi connectivity index (χ0) is 23.6. The van der Waals surface area contributed by atoms with E-state index in [-0.39, 0.29) is 11.5 Å². The quantitative estimate of drug-likeness (QED) is 0.254. The maximum absolute atomic E-state index is 13.3. The normalized spacial score (nSPS) is 19.0. The predicted octanol–water partition coefficient (Wildman–Crippen LogP) is 1.94. The van der Waals surface area contributed by atoms with Crippen LogP contribution in [0.4, 0.5) is 13.2 Å². The Morgan fingerprint density at radius 3 is 1.81 bits per heavy atom. The number of carbonyl (C=O) groups is 2. The lowest BCUT2D eigenvalue weighted by Gasteiger charge is -2.32. The van der Waals surface area contributed by atoms with Crippen molar-refractivity contribution in [2.45, 2.75) is 51.6 Å². The van der Waals surface area contributed by atoms with Crippen molar-refractivity contribution in [3.8, 4) is 0 Å². The monoisotopic (exact) mass is 489 g/mol. The summed E-state index contributed by atoms with van der Waals surface area (Å²) in [6.45, 7) is 2.62. The van der Waals surface area contributed by atoms with Gasteiger partial charge in [0.1, 0.15) is 12.8 Å². The molecule has 2 fully saturated rings. The van der Waals surface area contributed by atoms with Crippen molar-refractivity contribution >= 4 is 19.5 Å². The van der Waals surface area contributed by atoms with Crippen molar-refractivity contribution in [2.24, 2.45) is 0 Å². The maximum atomic E-state index is 13.3. The molecule has 2 heterocycles. The number of hydrogen-bond donors (Lipinski definition) is 2. The molecular formula is C17H31F3N5O6P. The van der Waals surface area contributed by atoms with Gasteiger partial charge in [0, 0.05) is 26.2 Å². The summed E-state index contributed by atoms with van der Waals surface area (Å²) in [5.74, 6) is -3.43. The van der Waals surface area contributed by atoms with E-state index < -0.39 is 38.5 Å². The summed E-state index contributed by atoms with van der Waals surface area (Å²) < 4.78 is 67.7. The first kappa shape index (κ1) is 27.0. The van der Waals surface area contributed by atoms with Gasteiger partial charge in [0.2, 0.25) is 0 Å². The second-order valence-electron chi connectivity index (χ2n) is 7.52. The molecule has 32 heavy (non-hydrogen) atoms. The third kappa shape index (κ3) is 9.30. The highest BCUT2D eigenvalue weighted by atomic mass is 31.2. The van der Waals surface area contributed by atoms with Crippen LogP contribution in [0.15, 0.2) is 0 Å². The van der Waals surface area contributed by atoms with Crippen LogP contribution in [0.25, 0.3) is 0 Å². The largest absolute Gasteiger partial charge is 0.471 e.